The molecule has 0 saturated carbocycles. The SMILES string of the molecule is CCN(CC)c1nn(-c2ccc(Br)cc2C)c(N)c1C#N. The molecule has 21 heavy (non-hydrogen) atoms. The van der Waals surface area contributed by atoms with E-state index in [4.69, 9.17) is 5.73 Å². The van der Waals surface area contributed by atoms with Crippen LogP contribution in [-0.4, -0.2) is 22.9 Å². The minimum atomic E-state index is 0.379. The highest BCUT2D eigenvalue weighted by atomic mass is 79.9. The molecule has 110 valence electrons. The number of nitrogen functional groups attached to an aromatic ring is 1. The summed E-state index contributed by atoms with van der Waals surface area (Å²) in [6, 6.07) is 8.05. The zero-order valence-corrected chi connectivity index (χ0v) is 14.0. The Morgan fingerprint density at radius 3 is 2.57 bits per heavy atom. The third-order valence-corrected chi connectivity index (χ3v) is 3.96. The minimum absolute atomic E-state index is 0.379. The summed E-state index contributed by atoms with van der Waals surface area (Å²) >= 11 is 3.44. The maximum atomic E-state index is 9.40. The van der Waals surface area contributed by atoms with Crippen LogP contribution in [0, 0.1) is 18.3 Å². The molecule has 2 aromatic rings. The van der Waals surface area contributed by atoms with Gasteiger partial charge in [-0.3, -0.25) is 0 Å². The topological polar surface area (TPSA) is 70.9 Å². The van der Waals surface area contributed by atoms with Gasteiger partial charge in [0.2, 0.25) is 0 Å². The van der Waals surface area contributed by atoms with Crippen LogP contribution in [0.4, 0.5) is 11.6 Å². The van der Waals surface area contributed by atoms with Crippen molar-refractivity contribution >= 4 is 27.6 Å². The fourth-order valence-corrected chi connectivity index (χ4v) is 2.79. The number of aryl methyl sites for hydroxylation is 1. The van der Waals surface area contributed by atoms with Crippen molar-refractivity contribution in [3.8, 4) is 11.8 Å². The molecule has 0 aliphatic carbocycles. The Morgan fingerprint density at radius 2 is 2.05 bits per heavy atom. The van der Waals surface area contributed by atoms with E-state index in [1.165, 1.54) is 0 Å². The Labute approximate surface area is 133 Å². The number of halogens is 1. The smallest absolute Gasteiger partial charge is 0.171 e. The molecule has 0 radical (unpaired) electrons. The van der Waals surface area contributed by atoms with Crippen molar-refractivity contribution in [3.05, 3.63) is 33.8 Å². The molecule has 0 amide bonds. The fourth-order valence-electron chi connectivity index (χ4n) is 2.31. The Bertz CT molecular complexity index is 695. The lowest BCUT2D eigenvalue weighted by Gasteiger charge is -2.17. The van der Waals surface area contributed by atoms with Crippen LogP contribution in [0.25, 0.3) is 5.69 Å². The third kappa shape index (κ3) is 2.74. The van der Waals surface area contributed by atoms with Crippen molar-refractivity contribution in [2.75, 3.05) is 23.7 Å². The monoisotopic (exact) mass is 347 g/mol. The van der Waals surface area contributed by atoms with Crippen LogP contribution in [0.1, 0.15) is 25.0 Å². The summed E-state index contributed by atoms with van der Waals surface area (Å²) < 4.78 is 2.65. The summed E-state index contributed by atoms with van der Waals surface area (Å²) in [4.78, 5) is 2.03. The summed E-state index contributed by atoms with van der Waals surface area (Å²) in [7, 11) is 0. The third-order valence-electron chi connectivity index (χ3n) is 3.46. The van der Waals surface area contributed by atoms with Crippen molar-refractivity contribution < 1.29 is 0 Å². The molecule has 0 saturated heterocycles. The highest BCUT2D eigenvalue weighted by Gasteiger charge is 2.20. The van der Waals surface area contributed by atoms with Crippen LogP contribution in [0.5, 0.6) is 0 Å². The lowest BCUT2D eigenvalue weighted by molar-refractivity contribution is 0.806. The van der Waals surface area contributed by atoms with Crippen LogP contribution in [-0.2, 0) is 0 Å². The highest BCUT2D eigenvalue weighted by molar-refractivity contribution is 9.10. The van der Waals surface area contributed by atoms with Gasteiger partial charge in [0.25, 0.3) is 0 Å². The molecular weight excluding hydrogens is 330 g/mol. The molecule has 0 unspecified atom stereocenters. The van der Waals surface area contributed by atoms with Crippen molar-refractivity contribution in [3.63, 3.8) is 0 Å². The van der Waals surface area contributed by atoms with E-state index in [-0.39, 0.29) is 0 Å². The van der Waals surface area contributed by atoms with Gasteiger partial charge >= 0.3 is 0 Å². The van der Waals surface area contributed by atoms with Gasteiger partial charge in [0, 0.05) is 17.6 Å². The Balaban J connectivity index is 2.63. The normalized spacial score (nSPS) is 10.4. The van der Waals surface area contributed by atoms with E-state index in [1.807, 2.05) is 43.9 Å². The molecule has 0 aliphatic rings. The number of hydrogen-bond acceptors (Lipinski definition) is 4. The molecule has 5 nitrogen and oxygen atoms in total. The Hall–Kier alpha value is -2.00. The van der Waals surface area contributed by atoms with Gasteiger partial charge in [-0.25, -0.2) is 4.68 Å². The second kappa shape index (κ2) is 6.19. The van der Waals surface area contributed by atoms with E-state index >= 15 is 0 Å². The number of rotatable bonds is 4. The second-order valence-electron chi connectivity index (χ2n) is 4.71. The summed E-state index contributed by atoms with van der Waals surface area (Å²) in [5.74, 6) is 1.02. The fraction of sp³-hybridized carbons (Fsp3) is 0.333. The van der Waals surface area contributed by atoms with Gasteiger partial charge in [-0.1, -0.05) is 15.9 Å². The minimum Gasteiger partial charge on any atom is -0.382 e. The van der Waals surface area contributed by atoms with Gasteiger partial charge in [-0.15, -0.1) is 5.10 Å². The Kier molecular flexibility index (Phi) is 4.53. The molecule has 6 heteroatoms. The van der Waals surface area contributed by atoms with Gasteiger partial charge in [0.15, 0.2) is 5.82 Å². The zero-order valence-electron chi connectivity index (χ0n) is 12.4. The summed E-state index contributed by atoms with van der Waals surface area (Å²) in [5, 5.41) is 14.0. The predicted molar refractivity (Wildman–Crippen MR) is 88.7 cm³/mol. The predicted octanol–water partition coefficient (Wildman–Crippen LogP) is 3.24. The summed E-state index contributed by atoms with van der Waals surface area (Å²) in [6.07, 6.45) is 0. The molecule has 2 N–H and O–H groups in total. The lowest BCUT2D eigenvalue weighted by atomic mass is 10.2. The van der Waals surface area contributed by atoms with Gasteiger partial charge in [0.05, 0.1) is 5.69 Å². The first-order chi connectivity index (χ1) is 10.0. The molecule has 0 atom stereocenters. The Morgan fingerprint density at radius 1 is 1.38 bits per heavy atom. The molecule has 0 bridgehead atoms. The first kappa shape index (κ1) is 15.4. The van der Waals surface area contributed by atoms with E-state index < -0.39 is 0 Å². The number of nitrogens with zero attached hydrogens (tertiary/aromatic N) is 4. The number of nitrogens with two attached hydrogens (primary N) is 1. The molecular formula is C15H18BrN5. The largest absolute Gasteiger partial charge is 0.382 e. The van der Waals surface area contributed by atoms with E-state index in [9.17, 15) is 5.26 Å². The average Bonchev–Trinajstić information content (AvgIpc) is 2.77. The van der Waals surface area contributed by atoms with Crippen LogP contribution in [0.2, 0.25) is 0 Å². The molecule has 0 fully saturated rings. The van der Waals surface area contributed by atoms with E-state index in [1.54, 1.807) is 4.68 Å². The molecule has 1 heterocycles. The first-order valence-corrected chi connectivity index (χ1v) is 7.62. The van der Waals surface area contributed by atoms with Crippen LogP contribution in [0.15, 0.2) is 22.7 Å². The van der Waals surface area contributed by atoms with E-state index in [0.29, 0.717) is 17.2 Å². The van der Waals surface area contributed by atoms with Crippen LogP contribution >= 0.6 is 15.9 Å². The maximum Gasteiger partial charge on any atom is 0.171 e. The van der Waals surface area contributed by atoms with Gasteiger partial charge < -0.3 is 10.6 Å². The number of benzene rings is 1. The number of nitriles is 1. The standard InChI is InChI=1S/C15H18BrN5/c1-4-20(5-2)15-12(9-17)14(18)21(19-15)13-7-6-11(16)8-10(13)3/h6-8H,4-5,18H2,1-3H3. The maximum absolute atomic E-state index is 9.40. The van der Waals surface area contributed by atoms with Crippen LogP contribution < -0.4 is 10.6 Å². The number of aromatic nitrogens is 2. The van der Waals surface area contributed by atoms with Crippen molar-refractivity contribution in [1.29, 1.82) is 5.26 Å². The molecule has 1 aromatic carbocycles. The molecule has 2 rings (SSSR count). The van der Waals surface area contributed by atoms with Crippen LogP contribution in [0.3, 0.4) is 0 Å². The van der Waals surface area contributed by atoms with Crippen molar-refractivity contribution in [2.45, 2.75) is 20.8 Å². The van der Waals surface area contributed by atoms with Gasteiger partial charge in [0.1, 0.15) is 17.5 Å². The van der Waals surface area contributed by atoms with Crippen molar-refractivity contribution in [1.82, 2.24) is 9.78 Å². The lowest BCUT2D eigenvalue weighted by Crippen LogP contribution is -2.23. The molecule has 1 aromatic heterocycles. The zero-order chi connectivity index (χ0) is 15.6. The van der Waals surface area contributed by atoms with E-state index in [2.05, 4.69) is 27.1 Å². The number of anilines is 2. The first-order valence-electron chi connectivity index (χ1n) is 6.83. The highest BCUT2D eigenvalue weighted by Crippen LogP contribution is 2.29. The molecule has 0 spiro atoms. The quantitative estimate of drug-likeness (QED) is 0.921. The summed E-state index contributed by atoms with van der Waals surface area (Å²) in [6.45, 7) is 7.61. The van der Waals surface area contributed by atoms with Crippen molar-refractivity contribution in [2.24, 2.45) is 0 Å². The van der Waals surface area contributed by atoms with Gasteiger partial charge in [-0.2, -0.15) is 5.26 Å². The second-order valence-corrected chi connectivity index (χ2v) is 5.63. The van der Waals surface area contributed by atoms with Gasteiger partial charge in [-0.05, 0) is 44.5 Å². The molecule has 0 aliphatic heterocycles. The average molecular weight is 348 g/mol. The summed E-state index contributed by atoms with van der Waals surface area (Å²) in [5.41, 5.74) is 8.49. The van der Waals surface area contributed by atoms with E-state index in [0.717, 1.165) is 28.8 Å². The number of hydrogen-bond donors (Lipinski definition) is 1.